The zero-order valence-corrected chi connectivity index (χ0v) is 20.8. The van der Waals surface area contributed by atoms with Crippen molar-refractivity contribution in [2.24, 2.45) is 0 Å². The SMILES string of the molecule is C[B]c1cc(C)c(C(c2ccc(N3C(=O)C=CC3=O)cc2)c2ccc(N3C(=O)C=CC3=O)cc2)c(C)c1. The molecule has 0 unspecified atom stereocenters. The quantitative estimate of drug-likeness (QED) is 0.302. The fourth-order valence-electron chi connectivity index (χ4n) is 5.10. The number of rotatable bonds is 6. The molecule has 7 heteroatoms. The molecule has 37 heavy (non-hydrogen) atoms. The Balaban J connectivity index is 1.58. The zero-order valence-electron chi connectivity index (χ0n) is 20.8. The second kappa shape index (κ2) is 9.50. The first-order valence-corrected chi connectivity index (χ1v) is 12.0. The molecule has 181 valence electrons. The number of hydrogen-bond donors (Lipinski definition) is 0. The van der Waals surface area contributed by atoms with Gasteiger partial charge in [0.1, 0.15) is 7.28 Å². The Labute approximate surface area is 216 Å². The maximum Gasteiger partial charge on any atom is 0.258 e. The van der Waals surface area contributed by atoms with Crippen LogP contribution in [0.2, 0.25) is 6.82 Å². The second-order valence-electron chi connectivity index (χ2n) is 9.16. The minimum absolute atomic E-state index is 0.153. The molecule has 4 amide bonds. The molecule has 0 spiro atoms. The van der Waals surface area contributed by atoms with Crippen molar-refractivity contribution < 1.29 is 19.2 Å². The number of aryl methyl sites for hydroxylation is 2. The minimum atomic E-state index is -0.358. The third-order valence-electron chi connectivity index (χ3n) is 6.83. The summed E-state index contributed by atoms with van der Waals surface area (Å²) in [5.41, 5.74) is 7.55. The van der Waals surface area contributed by atoms with Gasteiger partial charge in [-0.3, -0.25) is 19.2 Å². The van der Waals surface area contributed by atoms with Gasteiger partial charge in [0.2, 0.25) is 0 Å². The van der Waals surface area contributed by atoms with E-state index in [1.807, 2.05) is 31.1 Å². The van der Waals surface area contributed by atoms with Gasteiger partial charge in [-0.05, 0) is 65.9 Å². The summed E-state index contributed by atoms with van der Waals surface area (Å²) in [5, 5.41) is 0. The molecule has 2 aliphatic heterocycles. The highest BCUT2D eigenvalue weighted by atomic mass is 16.2. The van der Waals surface area contributed by atoms with Crippen LogP contribution in [0.3, 0.4) is 0 Å². The average molecular weight is 487 g/mol. The number of anilines is 2. The molecule has 5 rings (SSSR count). The summed E-state index contributed by atoms with van der Waals surface area (Å²) in [4.78, 5) is 50.9. The van der Waals surface area contributed by atoms with Crippen molar-refractivity contribution in [1.29, 1.82) is 0 Å². The van der Waals surface area contributed by atoms with Crippen molar-refractivity contribution in [3.63, 3.8) is 0 Å². The Hall–Kier alpha value is -4.52. The highest BCUT2D eigenvalue weighted by Crippen LogP contribution is 2.37. The third kappa shape index (κ3) is 4.33. The van der Waals surface area contributed by atoms with Crippen LogP contribution in [-0.4, -0.2) is 30.9 Å². The summed E-state index contributed by atoms with van der Waals surface area (Å²) in [6.45, 7) is 6.19. The van der Waals surface area contributed by atoms with Crippen LogP contribution in [0, 0.1) is 13.8 Å². The van der Waals surface area contributed by atoms with E-state index in [1.54, 1.807) is 24.3 Å². The van der Waals surface area contributed by atoms with E-state index >= 15 is 0 Å². The Kier molecular flexibility index (Phi) is 6.21. The molecule has 0 saturated carbocycles. The number of imide groups is 2. The van der Waals surface area contributed by atoms with Gasteiger partial charge in [-0.2, -0.15) is 0 Å². The van der Waals surface area contributed by atoms with Crippen LogP contribution in [0.4, 0.5) is 11.4 Å². The van der Waals surface area contributed by atoms with Crippen molar-refractivity contribution in [1.82, 2.24) is 0 Å². The predicted octanol–water partition coefficient (Wildman–Crippen LogP) is 3.72. The normalized spacial score (nSPS) is 15.0. The molecule has 0 aliphatic carbocycles. The molecule has 2 aliphatic rings. The number of nitrogens with zero attached hydrogens (tertiary/aromatic N) is 2. The molecule has 0 atom stereocenters. The van der Waals surface area contributed by atoms with Crippen LogP contribution in [0.5, 0.6) is 0 Å². The first-order chi connectivity index (χ1) is 17.8. The molecule has 0 aromatic heterocycles. The number of carbonyl (C=O) groups is 4. The lowest BCUT2D eigenvalue weighted by atomic mass is 9.70. The number of carbonyl (C=O) groups excluding carboxylic acids is 4. The summed E-state index contributed by atoms with van der Waals surface area (Å²) >= 11 is 0. The van der Waals surface area contributed by atoms with Gasteiger partial charge in [-0.15, -0.1) is 0 Å². The van der Waals surface area contributed by atoms with Crippen LogP contribution in [0.15, 0.2) is 85.0 Å². The van der Waals surface area contributed by atoms with Crippen molar-refractivity contribution in [3.05, 3.63) is 113 Å². The van der Waals surface area contributed by atoms with Gasteiger partial charge in [-0.25, -0.2) is 9.80 Å². The van der Waals surface area contributed by atoms with Crippen molar-refractivity contribution >= 4 is 47.7 Å². The van der Waals surface area contributed by atoms with Crippen LogP contribution in [-0.2, 0) is 19.2 Å². The Morgan fingerprint density at radius 1 is 0.595 bits per heavy atom. The standard InChI is InChI=1S/C30H24BN2O4/c1-18-16-22(31-3)17-19(2)29(18)30(20-4-8-23(9-5-20)32-25(34)12-13-26(32)35)21-6-10-24(11-7-21)33-27(36)14-15-28(33)37/h4-17,30H,1-3H3. The van der Waals surface area contributed by atoms with Gasteiger partial charge in [0.25, 0.3) is 23.6 Å². The highest BCUT2D eigenvalue weighted by molar-refractivity contribution is 6.52. The van der Waals surface area contributed by atoms with Gasteiger partial charge < -0.3 is 0 Å². The number of benzene rings is 3. The predicted molar refractivity (Wildman–Crippen MR) is 144 cm³/mol. The molecule has 1 radical (unpaired) electrons. The fraction of sp³-hybridized carbons (Fsp3) is 0.133. The van der Waals surface area contributed by atoms with Crippen LogP contribution in [0.25, 0.3) is 0 Å². The van der Waals surface area contributed by atoms with E-state index in [4.69, 9.17) is 0 Å². The largest absolute Gasteiger partial charge is 0.269 e. The van der Waals surface area contributed by atoms with Crippen LogP contribution < -0.4 is 15.3 Å². The molecule has 2 heterocycles. The van der Waals surface area contributed by atoms with E-state index < -0.39 is 0 Å². The Morgan fingerprint density at radius 3 is 1.27 bits per heavy atom. The van der Waals surface area contributed by atoms with Gasteiger partial charge >= 0.3 is 0 Å². The molecule has 0 bridgehead atoms. The zero-order chi connectivity index (χ0) is 26.3. The van der Waals surface area contributed by atoms with Crippen LogP contribution in [0.1, 0.15) is 33.7 Å². The lowest BCUT2D eigenvalue weighted by molar-refractivity contribution is -0.121. The summed E-state index contributed by atoms with van der Waals surface area (Å²) in [6, 6.07) is 19.2. The first kappa shape index (κ1) is 24.2. The highest BCUT2D eigenvalue weighted by Gasteiger charge is 2.28. The third-order valence-corrected chi connectivity index (χ3v) is 6.83. The minimum Gasteiger partial charge on any atom is -0.269 e. The lowest BCUT2D eigenvalue weighted by Crippen LogP contribution is -2.29. The summed E-state index contributed by atoms with van der Waals surface area (Å²) in [6.07, 6.45) is 5.08. The monoisotopic (exact) mass is 487 g/mol. The van der Waals surface area contributed by atoms with Gasteiger partial charge in [-0.1, -0.05) is 48.7 Å². The summed E-state index contributed by atoms with van der Waals surface area (Å²) in [7, 11) is 2.07. The van der Waals surface area contributed by atoms with Crippen molar-refractivity contribution in [3.8, 4) is 0 Å². The first-order valence-electron chi connectivity index (χ1n) is 12.0. The van der Waals surface area contributed by atoms with E-state index in [0.717, 1.165) is 43.1 Å². The molecular weight excluding hydrogens is 463 g/mol. The maximum atomic E-state index is 12.1. The average Bonchev–Trinajstić information content (AvgIpc) is 3.41. The molecule has 0 fully saturated rings. The van der Waals surface area contributed by atoms with Gasteiger partial charge in [0.15, 0.2) is 0 Å². The van der Waals surface area contributed by atoms with Crippen LogP contribution >= 0.6 is 0 Å². The van der Waals surface area contributed by atoms with E-state index in [2.05, 4.69) is 33.3 Å². The van der Waals surface area contributed by atoms with E-state index in [-0.39, 0.29) is 29.5 Å². The molecule has 6 nitrogen and oxygen atoms in total. The van der Waals surface area contributed by atoms with Gasteiger partial charge in [0, 0.05) is 30.2 Å². The molecule has 3 aromatic rings. The smallest absolute Gasteiger partial charge is 0.258 e. The van der Waals surface area contributed by atoms with Crippen molar-refractivity contribution in [2.45, 2.75) is 26.6 Å². The molecular formula is C30H24BN2O4. The maximum absolute atomic E-state index is 12.1. The molecule has 0 N–H and O–H groups in total. The van der Waals surface area contributed by atoms with E-state index in [0.29, 0.717) is 11.4 Å². The number of hydrogen-bond acceptors (Lipinski definition) is 4. The lowest BCUT2D eigenvalue weighted by Gasteiger charge is -2.25. The number of amides is 4. The van der Waals surface area contributed by atoms with Gasteiger partial charge in [0.05, 0.1) is 11.4 Å². The summed E-state index contributed by atoms with van der Waals surface area (Å²) < 4.78 is 0. The van der Waals surface area contributed by atoms with Crippen molar-refractivity contribution in [2.75, 3.05) is 9.80 Å². The second-order valence-corrected chi connectivity index (χ2v) is 9.16. The van der Waals surface area contributed by atoms with E-state index in [1.165, 1.54) is 24.3 Å². The molecule has 0 saturated heterocycles. The molecule has 3 aromatic carbocycles. The summed E-state index contributed by atoms with van der Waals surface area (Å²) in [5.74, 6) is -1.58. The Bertz CT molecular complexity index is 1360. The Morgan fingerprint density at radius 2 is 0.946 bits per heavy atom. The van der Waals surface area contributed by atoms with E-state index in [9.17, 15) is 19.2 Å². The topological polar surface area (TPSA) is 74.8 Å². The fourth-order valence-corrected chi connectivity index (χ4v) is 5.10.